The van der Waals surface area contributed by atoms with Gasteiger partial charge in [0.1, 0.15) is 0 Å². The molecule has 1 amide bonds. The molecule has 0 bridgehead atoms. The monoisotopic (exact) mass is 391 g/mol. The number of thioether (sulfide) groups is 1. The lowest BCUT2D eigenvalue weighted by molar-refractivity contribution is -0.118. The van der Waals surface area contributed by atoms with E-state index in [1.54, 1.807) is 6.26 Å². The lowest BCUT2D eigenvalue weighted by atomic mass is 10.0. The highest BCUT2D eigenvalue weighted by molar-refractivity contribution is 7.99. The van der Waals surface area contributed by atoms with Crippen LogP contribution in [0.3, 0.4) is 0 Å². The highest BCUT2D eigenvalue weighted by Crippen LogP contribution is 2.24. The van der Waals surface area contributed by atoms with Crippen molar-refractivity contribution in [3.8, 4) is 11.6 Å². The van der Waals surface area contributed by atoms with Crippen LogP contribution in [0.25, 0.3) is 11.6 Å². The first kappa shape index (κ1) is 19.9. The van der Waals surface area contributed by atoms with E-state index in [-0.39, 0.29) is 5.91 Å². The topological polar surface area (TPSA) is 76.2 Å². The minimum absolute atomic E-state index is 0.0388. The summed E-state index contributed by atoms with van der Waals surface area (Å²) in [5.74, 6) is 1.77. The molecule has 7 nitrogen and oxygen atoms in total. The highest BCUT2D eigenvalue weighted by atomic mass is 32.2. The van der Waals surface area contributed by atoms with Gasteiger partial charge in [0.05, 0.1) is 12.0 Å². The van der Waals surface area contributed by atoms with E-state index in [1.165, 1.54) is 37.6 Å². The molecule has 1 aliphatic rings. The van der Waals surface area contributed by atoms with Gasteiger partial charge in [0.2, 0.25) is 5.91 Å². The van der Waals surface area contributed by atoms with Crippen molar-refractivity contribution in [3.05, 3.63) is 18.4 Å². The van der Waals surface area contributed by atoms with Crippen molar-refractivity contribution >= 4 is 17.7 Å². The summed E-state index contributed by atoms with van der Waals surface area (Å²) in [6.45, 7) is 8.03. The zero-order valence-electron chi connectivity index (χ0n) is 16.2. The van der Waals surface area contributed by atoms with Crippen LogP contribution in [-0.2, 0) is 11.3 Å². The summed E-state index contributed by atoms with van der Waals surface area (Å²) in [7, 11) is 0. The number of likely N-dealkylation sites (tertiary alicyclic amines) is 1. The average Bonchev–Trinajstić information content (AvgIpc) is 3.33. The van der Waals surface area contributed by atoms with Crippen molar-refractivity contribution in [1.29, 1.82) is 0 Å². The highest BCUT2D eigenvalue weighted by Gasteiger charge is 2.18. The number of carbonyl (C=O) groups excluding carboxylic acids is 1. The van der Waals surface area contributed by atoms with Gasteiger partial charge < -0.3 is 14.6 Å². The first-order chi connectivity index (χ1) is 13.2. The second-order valence-electron chi connectivity index (χ2n) is 6.90. The van der Waals surface area contributed by atoms with Gasteiger partial charge in [0.15, 0.2) is 16.7 Å². The van der Waals surface area contributed by atoms with Crippen molar-refractivity contribution in [2.24, 2.45) is 0 Å². The standard InChI is InChI=1S/C19H29N5O2S/c1-3-24-18(16-9-6-13-26-16)21-22-19(24)27-14-17(25)20-10-7-12-23-11-5-4-8-15(23)2/h6,9,13,15H,3-5,7-8,10-12,14H2,1-2H3,(H,20,25)/t15-/m0/s1. The first-order valence-electron chi connectivity index (χ1n) is 9.79. The number of nitrogens with one attached hydrogen (secondary N) is 1. The number of piperidine rings is 1. The molecule has 0 radical (unpaired) electrons. The Morgan fingerprint density at radius 2 is 2.30 bits per heavy atom. The number of carbonyl (C=O) groups is 1. The fourth-order valence-corrected chi connectivity index (χ4v) is 4.28. The molecule has 1 aliphatic heterocycles. The second kappa shape index (κ2) is 9.94. The van der Waals surface area contributed by atoms with Crippen LogP contribution in [0.4, 0.5) is 0 Å². The summed E-state index contributed by atoms with van der Waals surface area (Å²) in [5, 5.41) is 12.2. The molecule has 3 rings (SSSR count). The molecular weight excluding hydrogens is 362 g/mol. The fourth-order valence-electron chi connectivity index (χ4n) is 3.45. The normalized spacial score (nSPS) is 17.9. The lowest BCUT2D eigenvalue weighted by Gasteiger charge is -2.33. The maximum absolute atomic E-state index is 12.1. The van der Waals surface area contributed by atoms with Crippen LogP contribution in [-0.4, -0.2) is 57.0 Å². The van der Waals surface area contributed by atoms with Crippen LogP contribution in [0.5, 0.6) is 0 Å². The summed E-state index contributed by atoms with van der Waals surface area (Å²) < 4.78 is 7.37. The zero-order valence-corrected chi connectivity index (χ0v) is 17.0. The Morgan fingerprint density at radius 1 is 1.41 bits per heavy atom. The first-order valence-corrected chi connectivity index (χ1v) is 10.8. The fraction of sp³-hybridized carbons (Fsp3) is 0.632. The molecule has 2 aromatic rings. The van der Waals surface area contributed by atoms with Gasteiger partial charge in [-0.3, -0.25) is 9.36 Å². The van der Waals surface area contributed by atoms with Gasteiger partial charge in [-0.25, -0.2) is 0 Å². The number of furan rings is 1. The third kappa shape index (κ3) is 5.35. The maximum atomic E-state index is 12.1. The van der Waals surface area contributed by atoms with Crippen LogP contribution in [0.15, 0.2) is 28.0 Å². The number of amides is 1. The molecule has 1 fully saturated rings. The van der Waals surface area contributed by atoms with E-state index in [0.717, 1.165) is 31.2 Å². The average molecular weight is 392 g/mol. The number of hydrogen-bond acceptors (Lipinski definition) is 6. The molecule has 0 aromatic carbocycles. The van der Waals surface area contributed by atoms with E-state index < -0.39 is 0 Å². The smallest absolute Gasteiger partial charge is 0.230 e. The molecule has 0 saturated carbocycles. The molecule has 0 aliphatic carbocycles. The van der Waals surface area contributed by atoms with Crippen molar-refractivity contribution < 1.29 is 9.21 Å². The second-order valence-corrected chi connectivity index (χ2v) is 7.84. The molecule has 1 N–H and O–H groups in total. The number of rotatable bonds is 9. The minimum atomic E-state index is 0.0388. The molecule has 8 heteroatoms. The Balaban J connectivity index is 1.40. The molecule has 1 atom stereocenters. The molecule has 2 aromatic heterocycles. The van der Waals surface area contributed by atoms with Crippen LogP contribution in [0, 0.1) is 0 Å². The van der Waals surface area contributed by atoms with Crippen LogP contribution in [0.2, 0.25) is 0 Å². The van der Waals surface area contributed by atoms with Gasteiger partial charge >= 0.3 is 0 Å². The van der Waals surface area contributed by atoms with Crippen molar-refractivity contribution in [1.82, 2.24) is 25.0 Å². The number of nitrogens with zero attached hydrogens (tertiary/aromatic N) is 4. The quantitative estimate of drug-likeness (QED) is 0.523. The van der Waals surface area contributed by atoms with Crippen LogP contribution >= 0.6 is 11.8 Å². The van der Waals surface area contributed by atoms with E-state index in [9.17, 15) is 4.79 Å². The molecule has 27 heavy (non-hydrogen) atoms. The molecule has 0 spiro atoms. The Kier molecular flexibility index (Phi) is 7.34. The number of aromatic nitrogens is 3. The van der Waals surface area contributed by atoms with Gasteiger partial charge in [-0.1, -0.05) is 18.2 Å². The third-order valence-electron chi connectivity index (χ3n) is 4.99. The van der Waals surface area contributed by atoms with Crippen molar-refractivity contribution in [3.63, 3.8) is 0 Å². The van der Waals surface area contributed by atoms with Gasteiger partial charge in [0.25, 0.3) is 0 Å². The largest absolute Gasteiger partial charge is 0.461 e. The lowest BCUT2D eigenvalue weighted by Crippen LogP contribution is -2.39. The SMILES string of the molecule is CCn1c(SCC(=O)NCCCN2CCCC[C@@H]2C)nnc1-c1ccco1. The Morgan fingerprint density at radius 3 is 3.04 bits per heavy atom. The Labute approximate surface area is 164 Å². The van der Waals surface area contributed by atoms with Crippen LogP contribution in [0.1, 0.15) is 39.5 Å². The van der Waals surface area contributed by atoms with Crippen molar-refractivity contribution in [2.75, 3.05) is 25.4 Å². The summed E-state index contributed by atoms with van der Waals surface area (Å²) >= 11 is 1.41. The van der Waals surface area contributed by atoms with Gasteiger partial charge in [-0.15, -0.1) is 10.2 Å². The van der Waals surface area contributed by atoms with E-state index in [2.05, 4.69) is 27.3 Å². The van der Waals surface area contributed by atoms with Gasteiger partial charge in [0, 0.05) is 25.7 Å². The molecule has 148 valence electrons. The van der Waals surface area contributed by atoms with E-state index in [0.29, 0.717) is 23.4 Å². The minimum Gasteiger partial charge on any atom is -0.461 e. The van der Waals surface area contributed by atoms with E-state index >= 15 is 0 Å². The summed E-state index contributed by atoms with van der Waals surface area (Å²) in [5.41, 5.74) is 0. The van der Waals surface area contributed by atoms with Gasteiger partial charge in [-0.2, -0.15) is 0 Å². The third-order valence-corrected chi connectivity index (χ3v) is 5.96. The zero-order chi connectivity index (χ0) is 19.1. The molecule has 1 saturated heterocycles. The number of hydrogen-bond donors (Lipinski definition) is 1. The Bertz CT molecular complexity index is 716. The maximum Gasteiger partial charge on any atom is 0.230 e. The van der Waals surface area contributed by atoms with Crippen LogP contribution < -0.4 is 5.32 Å². The predicted molar refractivity (Wildman–Crippen MR) is 107 cm³/mol. The predicted octanol–water partition coefficient (Wildman–Crippen LogP) is 3.03. The molecule has 0 unspecified atom stereocenters. The van der Waals surface area contributed by atoms with Crippen molar-refractivity contribution in [2.45, 2.75) is 57.3 Å². The summed E-state index contributed by atoms with van der Waals surface area (Å²) in [4.78, 5) is 14.7. The van der Waals surface area contributed by atoms with E-state index in [1.807, 2.05) is 23.6 Å². The summed E-state index contributed by atoms with van der Waals surface area (Å²) in [6.07, 6.45) is 6.55. The molecular formula is C19H29N5O2S. The molecule has 3 heterocycles. The Hall–Kier alpha value is -1.80. The van der Waals surface area contributed by atoms with E-state index in [4.69, 9.17) is 4.42 Å². The summed E-state index contributed by atoms with van der Waals surface area (Å²) in [6, 6.07) is 4.36. The van der Waals surface area contributed by atoms with Gasteiger partial charge in [-0.05, 0) is 51.8 Å².